The van der Waals surface area contributed by atoms with Crippen LogP contribution in [0, 0.1) is 5.41 Å². The van der Waals surface area contributed by atoms with E-state index < -0.39 is 0 Å². The average molecular weight is 232 g/mol. The molecule has 2 heterocycles. The Morgan fingerprint density at radius 1 is 1.59 bits per heavy atom. The summed E-state index contributed by atoms with van der Waals surface area (Å²) >= 11 is 0. The van der Waals surface area contributed by atoms with Crippen LogP contribution in [0.1, 0.15) is 38.7 Å². The number of aromatic nitrogens is 1. The summed E-state index contributed by atoms with van der Waals surface area (Å²) < 4.78 is 0. The molecular formula is C13H20N4. The van der Waals surface area contributed by atoms with Crippen molar-refractivity contribution in [1.82, 2.24) is 4.98 Å². The lowest BCUT2D eigenvalue weighted by Gasteiger charge is -2.31. The van der Waals surface area contributed by atoms with Crippen molar-refractivity contribution in [2.75, 3.05) is 4.90 Å². The minimum atomic E-state index is 0.122. The predicted octanol–water partition coefficient (Wildman–Crippen LogP) is 2.13. The summed E-state index contributed by atoms with van der Waals surface area (Å²) in [6.07, 6.45) is 7.06. The minimum absolute atomic E-state index is 0.122. The Morgan fingerprint density at radius 3 is 3.00 bits per heavy atom. The van der Waals surface area contributed by atoms with Crippen LogP contribution in [0.15, 0.2) is 18.5 Å². The fourth-order valence-corrected chi connectivity index (χ4v) is 2.73. The number of hydrogen-bond acceptors (Lipinski definition) is 3. The molecule has 17 heavy (non-hydrogen) atoms. The summed E-state index contributed by atoms with van der Waals surface area (Å²) in [5.41, 5.74) is 7.45. The SMILES string of the molecule is CCC1CCC(C)N1c1cnccc1C(=N)N. The second-order valence-electron chi connectivity index (χ2n) is 4.70. The highest BCUT2D eigenvalue weighted by atomic mass is 15.2. The molecule has 3 N–H and O–H groups in total. The number of hydrogen-bond donors (Lipinski definition) is 2. The molecule has 1 aliphatic heterocycles. The lowest BCUT2D eigenvalue weighted by atomic mass is 10.1. The van der Waals surface area contributed by atoms with E-state index in [0.717, 1.165) is 17.7 Å². The molecule has 0 aromatic carbocycles. The van der Waals surface area contributed by atoms with Gasteiger partial charge in [-0.15, -0.1) is 0 Å². The summed E-state index contributed by atoms with van der Waals surface area (Å²) in [6, 6.07) is 2.88. The fraction of sp³-hybridized carbons (Fsp3) is 0.538. The molecule has 4 heteroatoms. The van der Waals surface area contributed by atoms with Gasteiger partial charge in [0, 0.05) is 23.8 Å². The molecule has 0 spiro atoms. The highest BCUT2D eigenvalue weighted by Crippen LogP contribution is 2.33. The van der Waals surface area contributed by atoms with E-state index in [1.807, 2.05) is 12.3 Å². The number of anilines is 1. The molecule has 1 aliphatic rings. The quantitative estimate of drug-likeness (QED) is 0.619. The molecule has 4 nitrogen and oxygen atoms in total. The Bertz CT molecular complexity index is 416. The lowest BCUT2D eigenvalue weighted by Crippen LogP contribution is -2.35. The molecule has 0 aliphatic carbocycles. The summed E-state index contributed by atoms with van der Waals surface area (Å²) in [6.45, 7) is 4.44. The van der Waals surface area contributed by atoms with Crippen LogP contribution in [0.4, 0.5) is 5.69 Å². The van der Waals surface area contributed by atoms with Crippen molar-refractivity contribution < 1.29 is 0 Å². The summed E-state index contributed by atoms with van der Waals surface area (Å²) in [4.78, 5) is 6.56. The molecule has 0 bridgehead atoms. The van der Waals surface area contributed by atoms with Gasteiger partial charge >= 0.3 is 0 Å². The second-order valence-corrected chi connectivity index (χ2v) is 4.70. The smallest absolute Gasteiger partial charge is 0.125 e. The Morgan fingerprint density at radius 2 is 2.35 bits per heavy atom. The maximum Gasteiger partial charge on any atom is 0.125 e. The summed E-state index contributed by atoms with van der Waals surface area (Å²) in [5, 5.41) is 7.65. The van der Waals surface area contributed by atoms with Gasteiger partial charge in [0.15, 0.2) is 0 Å². The first-order valence-corrected chi connectivity index (χ1v) is 6.21. The van der Waals surface area contributed by atoms with Gasteiger partial charge in [-0.2, -0.15) is 0 Å². The number of rotatable bonds is 3. The predicted molar refractivity (Wildman–Crippen MR) is 70.5 cm³/mol. The average Bonchev–Trinajstić information content (AvgIpc) is 2.70. The third-order valence-electron chi connectivity index (χ3n) is 3.63. The molecule has 0 saturated carbocycles. The highest BCUT2D eigenvalue weighted by molar-refractivity contribution is 6.00. The van der Waals surface area contributed by atoms with Crippen molar-refractivity contribution in [1.29, 1.82) is 5.41 Å². The van der Waals surface area contributed by atoms with Gasteiger partial charge in [-0.05, 0) is 32.3 Å². The van der Waals surface area contributed by atoms with E-state index in [1.165, 1.54) is 12.8 Å². The number of nitrogens with zero attached hydrogens (tertiary/aromatic N) is 2. The Labute approximate surface area is 102 Å². The van der Waals surface area contributed by atoms with Crippen molar-refractivity contribution in [2.45, 2.75) is 45.2 Å². The Hall–Kier alpha value is -1.58. The van der Waals surface area contributed by atoms with E-state index in [1.54, 1.807) is 6.20 Å². The molecule has 1 aromatic rings. The van der Waals surface area contributed by atoms with Crippen LogP contribution in [0.2, 0.25) is 0 Å². The van der Waals surface area contributed by atoms with E-state index in [2.05, 4.69) is 23.7 Å². The number of amidine groups is 1. The first kappa shape index (κ1) is 11.9. The first-order valence-electron chi connectivity index (χ1n) is 6.21. The van der Waals surface area contributed by atoms with E-state index >= 15 is 0 Å². The largest absolute Gasteiger partial charge is 0.384 e. The zero-order valence-electron chi connectivity index (χ0n) is 10.5. The molecule has 2 atom stereocenters. The summed E-state index contributed by atoms with van der Waals surface area (Å²) in [7, 11) is 0. The number of nitrogens with one attached hydrogen (secondary N) is 1. The van der Waals surface area contributed by atoms with Crippen LogP contribution in [0.25, 0.3) is 0 Å². The van der Waals surface area contributed by atoms with Crippen LogP contribution in [0.5, 0.6) is 0 Å². The van der Waals surface area contributed by atoms with Crippen LogP contribution in [-0.2, 0) is 0 Å². The molecule has 1 saturated heterocycles. The van der Waals surface area contributed by atoms with Gasteiger partial charge < -0.3 is 10.6 Å². The van der Waals surface area contributed by atoms with Crippen LogP contribution < -0.4 is 10.6 Å². The molecule has 1 fully saturated rings. The van der Waals surface area contributed by atoms with Gasteiger partial charge in [-0.3, -0.25) is 10.4 Å². The molecule has 92 valence electrons. The topological polar surface area (TPSA) is 66.0 Å². The van der Waals surface area contributed by atoms with E-state index in [0.29, 0.717) is 12.1 Å². The van der Waals surface area contributed by atoms with Crippen molar-refractivity contribution in [3.05, 3.63) is 24.0 Å². The number of nitrogens with two attached hydrogens (primary N) is 1. The molecule has 1 aromatic heterocycles. The lowest BCUT2D eigenvalue weighted by molar-refractivity contribution is 0.627. The van der Waals surface area contributed by atoms with Crippen molar-refractivity contribution in [3.63, 3.8) is 0 Å². The Balaban J connectivity index is 2.41. The van der Waals surface area contributed by atoms with E-state index in [-0.39, 0.29) is 5.84 Å². The fourth-order valence-electron chi connectivity index (χ4n) is 2.73. The van der Waals surface area contributed by atoms with E-state index in [9.17, 15) is 0 Å². The first-order chi connectivity index (χ1) is 8.15. The van der Waals surface area contributed by atoms with E-state index in [4.69, 9.17) is 11.1 Å². The van der Waals surface area contributed by atoms with Gasteiger partial charge in [-0.25, -0.2) is 0 Å². The number of nitrogen functional groups attached to an aromatic ring is 1. The van der Waals surface area contributed by atoms with Gasteiger partial charge in [0.25, 0.3) is 0 Å². The monoisotopic (exact) mass is 232 g/mol. The zero-order chi connectivity index (χ0) is 12.4. The molecule has 2 rings (SSSR count). The van der Waals surface area contributed by atoms with Crippen LogP contribution in [0.3, 0.4) is 0 Å². The Kier molecular flexibility index (Phi) is 3.31. The van der Waals surface area contributed by atoms with Gasteiger partial charge in [0.1, 0.15) is 5.84 Å². The van der Waals surface area contributed by atoms with Gasteiger partial charge in [-0.1, -0.05) is 6.92 Å². The van der Waals surface area contributed by atoms with Crippen molar-refractivity contribution in [3.8, 4) is 0 Å². The van der Waals surface area contributed by atoms with Crippen molar-refractivity contribution >= 4 is 11.5 Å². The third-order valence-corrected chi connectivity index (χ3v) is 3.63. The zero-order valence-corrected chi connectivity index (χ0v) is 10.5. The normalized spacial score (nSPS) is 24.0. The number of pyridine rings is 1. The molecule has 0 amide bonds. The minimum Gasteiger partial charge on any atom is -0.384 e. The maximum absolute atomic E-state index is 7.65. The van der Waals surface area contributed by atoms with Crippen molar-refractivity contribution in [2.24, 2.45) is 5.73 Å². The summed E-state index contributed by atoms with van der Waals surface area (Å²) in [5.74, 6) is 0.122. The standard InChI is InChI=1S/C13H20N4/c1-3-10-5-4-9(2)17(10)12-8-16-7-6-11(12)13(14)15/h6-10H,3-5H2,1-2H3,(H3,14,15). The van der Waals surface area contributed by atoms with Crippen LogP contribution in [-0.4, -0.2) is 22.9 Å². The second kappa shape index (κ2) is 4.73. The molecular weight excluding hydrogens is 212 g/mol. The molecule has 2 unspecified atom stereocenters. The molecule has 0 radical (unpaired) electrons. The van der Waals surface area contributed by atoms with Gasteiger partial charge in [0.2, 0.25) is 0 Å². The highest BCUT2D eigenvalue weighted by Gasteiger charge is 2.31. The van der Waals surface area contributed by atoms with Crippen LogP contribution >= 0.6 is 0 Å². The maximum atomic E-state index is 7.65. The van der Waals surface area contributed by atoms with Gasteiger partial charge in [0.05, 0.1) is 11.9 Å². The third kappa shape index (κ3) is 2.12.